The lowest BCUT2D eigenvalue weighted by Crippen LogP contribution is -2.67. The molecule has 0 aromatic rings. The van der Waals surface area contributed by atoms with E-state index >= 15 is 0 Å². The zero-order valence-corrected chi connectivity index (χ0v) is 16.6. The summed E-state index contributed by atoms with van der Waals surface area (Å²) < 4.78 is 20.9. The van der Waals surface area contributed by atoms with Gasteiger partial charge in [0, 0.05) is 28.4 Å². The third-order valence-electron chi connectivity index (χ3n) is 4.22. The molecule has 0 unspecified atom stereocenters. The lowest BCUT2D eigenvalue weighted by Gasteiger charge is -2.48. The van der Waals surface area contributed by atoms with Crippen molar-refractivity contribution in [1.29, 1.82) is 0 Å². The number of carbonyl (C=O) groups is 2. The molecule has 0 bridgehead atoms. The molecular formula is C16H32N4O6. The third-order valence-corrected chi connectivity index (χ3v) is 4.22. The zero-order chi connectivity index (χ0) is 19.7. The first kappa shape index (κ1) is 22.4. The van der Waals surface area contributed by atoms with Gasteiger partial charge in [0.25, 0.3) is 0 Å². The van der Waals surface area contributed by atoms with Crippen LogP contribution in [-0.2, 0) is 18.9 Å². The first-order valence-corrected chi connectivity index (χ1v) is 8.58. The van der Waals surface area contributed by atoms with E-state index in [-0.39, 0.29) is 39.0 Å². The van der Waals surface area contributed by atoms with Crippen LogP contribution in [0.15, 0.2) is 0 Å². The lowest BCUT2D eigenvalue weighted by atomic mass is 10.2. The van der Waals surface area contributed by atoms with Gasteiger partial charge in [-0.25, -0.2) is 9.59 Å². The number of methoxy groups -OCH3 is 4. The molecule has 152 valence electrons. The van der Waals surface area contributed by atoms with Gasteiger partial charge >= 0.3 is 12.1 Å². The molecule has 1 aliphatic rings. The molecule has 1 saturated heterocycles. The van der Waals surface area contributed by atoms with Gasteiger partial charge in [0.15, 0.2) is 0 Å². The predicted octanol–water partition coefficient (Wildman–Crippen LogP) is 1.34. The van der Waals surface area contributed by atoms with Gasteiger partial charge < -0.3 is 18.9 Å². The molecular weight excluding hydrogens is 344 g/mol. The molecule has 0 spiro atoms. The Balaban J connectivity index is 3.41. The first-order chi connectivity index (χ1) is 12.5. The summed E-state index contributed by atoms with van der Waals surface area (Å²) in [6.45, 7) is 3.92. The van der Waals surface area contributed by atoms with Crippen LogP contribution in [0.1, 0.15) is 26.7 Å². The number of hydrogen-bond donors (Lipinski definition) is 0. The van der Waals surface area contributed by atoms with Crippen LogP contribution in [0.2, 0.25) is 0 Å². The number of urea groups is 2. The highest BCUT2D eigenvalue weighted by Gasteiger charge is 2.42. The van der Waals surface area contributed by atoms with E-state index in [1.165, 1.54) is 48.0 Å². The molecule has 1 heterocycles. The summed E-state index contributed by atoms with van der Waals surface area (Å²) in [4.78, 5) is 32.5. The molecule has 10 nitrogen and oxygen atoms in total. The van der Waals surface area contributed by atoms with Crippen molar-refractivity contribution in [3.8, 4) is 0 Å². The van der Waals surface area contributed by atoms with E-state index in [2.05, 4.69) is 0 Å². The SMILES string of the molecule is CCCC1N(COC)C(=O)N(COC)C(C)N(COC)C(=O)N1COC. The molecule has 0 aliphatic carbocycles. The van der Waals surface area contributed by atoms with Gasteiger partial charge in [0.1, 0.15) is 39.3 Å². The van der Waals surface area contributed by atoms with Crippen LogP contribution in [0, 0.1) is 0 Å². The van der Waals surface area contributed by atoms with Crippen LogP contribution in [0.3, 0.4) is 0 Å². The van der Waals surface area contributed by atoms with Gasteiger partial charge in [-0.3, -0.25) is 19.6 Å². The Labute approximate surface area is 155 Å². The highest BCUT2D eigenvalue weighted by atomic mass is 16.5. The Kier molecular flexibility index (Phi) is 9.63. The monoisotopic (exact) mass is 376 g/mol. The van der Waals surface area contributed by atoms with E-state index in [9.17, 15) is 9.59 Å². The van der Waals surface area contributed by atoms with E-state index in [1.807, 2.05) is 6.92 Å². The quantitative estimate of drug-likeness (QED) is 0.572. The molecule has 0 aromatic carbocycles. The zero-order valence-electron chi connectivity index (χ0n) is 16.6. The second-order valence-corrected chi connectivity index (χ2v) is 6.02. The molecule has 1 aliphatic heterocycles. The molecule has 0 atom stereocenters. The Hall–Kier alpha value is -1.62. The molecule has 1 fully saturated rings. The number of hydrogen-bond acceptors (Lipinski definition) is 6. The van der Waals surface area contributed by atoms with E-state index in [0.717, 1.165) is 6.42 Å². The highest BCUT2D eigenvalue weighted by molar-refractivity contribution is 5.80. The van der Waals surface area contributed by atoms with Gasteiger partial charge in [-0.1, -0.05) is 13.3 Å². The second-order valence-electron chi connectivity index (χ2n) is 6.02. The van der Waals surface area contributed by atoms with Crippen LogP contribution in [0.25, 0.3) is 0 Å². The van der Waals surface area contributed by atoms with Gasteiger partial charge in [-0.2, -0.15) is 0 Å². The van der Waals surface area contributed by atoms with E-state index in [4.69, 9.17) is 18.9 Å². The number of amides is 4. The summed E-state index contributed by atoms with van der Waals surface area (Å²) in [5.74, 6) is 0. The minimum Gasteiger partial charge on any atom is -0.364 e. The molecule has 10 heteroatoms. The van der Waals surface area contributed by atoms with Crippen LogP contribution >= 0.6 is 0 Å². The number of rotatable bonds is 10. The van der Waals surface area contributed by atoms with Gasteiger partial charge in [-0.05, 0) is 13.3 Å². The Morgan fingerprint density at radius 3 is 1.38 bits per heavy atom. The lowest BCUT2D eigenvalue weighted by molar-refractivity contribution is -0.0933. The van der Waals surface area contributed by atoms with Crippen molar-refractivity contribution in [1.82, 2.24) is 19.6 Å². The number of ether oxygens (including phenoxy) is 4. The summed E-state index contributed by atoms with van der Waals surface area (Å²) in [5, 5.41) is 0. The molecule has 0 saturated carbocycles. The molecule has 0 N–H and O–H groups in total. The second kappa shape index (κ2) is 11.2. The molecule has 1 rings (SSSR count). The Bertz CT molecular complexity index is 416. The highest BCUT2D eigenvalue weighted by Crippen LogP contribution is 2.23. The van der Waals surface area contributed by atoms with Crippen molar-refractivity contribution in [3.05, 3.63) is 0 Å². The Morgan fingerprint density at radius 2 is 1.08 bits per heavy atom. The van der Waals surface area contributed by atoms with Crippen LogP contribution in [0.5, 0.6) is 0 Å². The minimum absolute atomic E-state index is 0.0385. The fourth-order valence-corrected chi connectivity index (χ4v) is 2.98. The summed E-state index contributed by atoms with van der Waals surface area (Å²) >= 11 is 0. The van der Waals surface area contributed by atoms with E-state index < -0.39 is 12.3 Å². The summed E-state index contributed by atoms with van der Waals surface area (Å²) in [6, 6.07) is -0.566. The maximum atomic E-state index is 13.2. The maximum Gasteiger partial charge on any atom is 0.326 e. The maximum absolute atomic E-state index is 13.2. The van der Waals surface area contributed by atoms with Crippen LogP contribution < -0.4 is 0 Å². The molecule has 26 heavy (non-hydrogen) atoms. The molecule has 0 aromatic heterocycles. The van der Waals surface area contributed by atoms with Crippen molar-refractivity contribution in [2.75, 3.05) is 55.4 Å². The fourth-order valence-electron chi connectivity index (χ4n) is 2.98. The van der Waals surface area contributed by atoms with E-state index in [0.29, 0.717) is 6.42 Å². The van der Waals surface area contributed by atoms with Gasteiger partial charge in [-0.15, -0.1) is 0 Å². The predicted molar refractivity (Wildman–Crippen MR) is 93.8 cm³/mol. The fraction of sp³-hybridized carbons (Fsp3) is 0.875. The molecule has 0 radical (unpaired) electrons. The van der Waals surface area contributed by atoms with Crippen molar-refractivity contribution < 1.29 is 28.5 Å². The van der Waals surface area contributed by atoms with Crippen LogP contribution in [-0.4, -0.2) is 99.4 Å². The number of carbonyl (C=O) groups excluding carboxylic acids is 2. The summed E-state index contributed by atoms with van der Waals surface area (Å²) in [5.41, 5.74) is 0. The average Bonchev–Trinajstić information content (AvgIpc) is 2.63. The summed E-state index contributed by atoms with van der Waals surface area (Å²) in [7, 11) is 6.03. The van der Waals surface area contributed by atoms with Gasteiger partial charge in [0.2, 0.25) is 0 Å². The van der Waals surface area contributed by atoms with Crippen molar-refractivity contribution in [2.45, 2.75) is 39.0 Å². The van der Waals surface area contributed by atoms with Crippen molar-refractivity contribution in [3.63, 3.8) is 0 Å². The average molecular weight is 376 g/mol. The van der Waals surface area contributed by atoms with Gasteiger partial charge in [0.05, 0.1) is 0 Å². The van der Waals surface area contributed by atoms with Crippen molar-refractivity contribution in [2.24, 2.45) is 0 Å². The normalized spacial score (nSPS) is 22.1. The van der Waals surface area contributed by atoms with Crippen molar-refractivity contribution >= 4 is 12.1 Å². The Morgan fingerprint density at radius 1 is 0.731 bits per heavy atom. The smallest absolute Gasteiger partial charge is 0.326 e. The van der Waals surface area contributed by atoms with Crippen LogP contribution in [0.4, 0.5) is 9.59 Å². The third kappa shape index (κ3) is 4.97. The minimum atomic E-state index is -0.573. The first-order valence-electron chi connectivity index (χ1n) is 8.58. The molecule has 4 amide bonds. The standard InChI is InChI=1S/C16H32N4O6/c1-7-8-14-19(11-25-5)15(21)17(9-23-3)13(2)18(10-24-4)16(22)20(14)12-26-6/h13-14H,7-12H2,1-6H3. The largest absolute Gasteiger partial charge is 0.364 e. The number of nitrogens with zero attached hydrogens (tertiary/aromatic N) is 4. The topological polar surface area (TPSA) is 84.0 Å². The summed E-state index contributed by atoms with van der Waals surface area (Å²) in [6.07, 6.45) is 0.276. The van der Waals surface area contributed by atoms with E-state index in [1.54, 1.807) is 6.92 Å².